The second kappa shape index (κ2) is 3.02. The maximum Gasteiger partial charge on any atom is 0.0101 e. The average Bonchev–Trinajstić information content (AvgIpc) is 2.55. The highest BCUT2D eigenvalue weighted by Crippen LogP contribution is 2.36. The molecule has 1 nitrogen and oxygen atoms in total. The first-order valence-corrected chi connectivity index (χ1v) is 5.41. The van der Waals surface area contributed by atoms with Crippen LogP contribution in [0.1, 0.15) is 46.0 Å². The summed E-state index contributed by atoms with van der Waals surface area (Å²) in [7, 11) is 0. The van der Waals surface area contributed by atoms with Gasteiger partial charge in [-0.15, -0.1) is 0 Å². The van der Waals surface area contributed by atoms with E-state index in [0.717, 1.165) is 12.0 Å². The second-order valence-electron chi connectivity index (χ2n) is 5.40. The van der Waals surface area contributed by atoms with Gasteiger partial charge in [0, 0.05) is 12.6 Å². The van der Waals surface area contributed by atoms with Crippen molar-refractivity contribution in [1.82, 2.24) is 5.32 Å². The van der Waals surface area contributed by atoms with Gasteiger partial charge in [0.2, 0.25) is 0 Å². The molecule has 2 aliphatic rings. The molecule has 1 N–H and O–H groups in total. The van der Waals surface area contributed by atoms with Crippen molar-refractivity contribution in [2.75, 3.05) is 6.54 Å². The SMILES string of the molecule is CC1(C)CN[C@H](C2CCCC2)C1. The molecule has 0 bridgehead atoms. The van der Waals surface area contributed by atoms with Crippen LogP contribution in [0.25, 0.3) is 0 Å². The van der Waals surface area contributed by atoms with Gasteiger partial charge in [-0.25, -0.2) is 0 Å². The fourth-order valence-electron chi connectivity index (χ4n) is 2.84. The van der Waals surface area contributed by atoms with E-state index in [2.05, 4.69) is 19.2 Å². The van der Waals surface area contributed by atoms with E-state index in [1.807, 2.05) is 0 Å². The first-order valence-electron chi connectivity index (χ1n) is 5.41. The molecule has 0 aromatic heterocycles. The van der Waals surface area contributed by atoms with Crippen LogP contribution in [-0.2, 0) is 0 Å². The molecular weight excluding hydrogens is 146 g/mol. The van der Waals surface area contributed by atoms with Crippen molar-refractivity contribution in [3.8, 4) is 0 Å². The molecule has 1 atom stereocenters. The Morgan fingerprint density at radius 1 is 1.17 bits per heavy atom. The van der Waals surface area contributed by atoms with Crippen LogP contribution in [0.15, 0.2) is 0 Å². The third-order valence-electron chi connectivity index (χ3n) is 3.58. The summed E-state index contributed by atoms with van der Waals surface area (Å²) in [5, 5.41) is 3.69. The lowest BCUT2D eigenvalue weighted by molar-refractivity contribution is 0.353. The molecular formula is C11H21N. The van der Waals surface area contributed by atoms with E-state index in [1.54, 1.807) is 0 Å². The Hall–Kier alpha value is -0.0400. The summed E-state index contributed by atoms with van der Waals surface area (Å²) in [5.41, 5.74) is 0.563. The largest absolute Gasteiger partial charge is 0.313 e. The van der Waals surface area contributed by atoms with Crippen molar-refractivity contribution >= 4 is 0 Å². The topological polar surface area (TPSA) is 12.0 Å². The monoisotopic (exact) mass is 167 g/mol. The molecule has 2 rings (SSSR count). The Bertz CT molecular complexity index is 156. The van der Waals surface area contributed by atoms with Crippen LogP contribution in [0.2, 0.25) is 0 Å². The third-order valence-corrected chi connectivity index (χ3v) is 3.58. The van der Waals surface area contributed by atoms with Gasteiger partial charge in [0.05, 0.1) is 0 Å². The maximum atomic E-state index is 3.69. The highest BCUT2D eigenvalue weighted by Gasteiger charge is 2.35. The molecule has 1 aliphatic carbocycles. The molecule has 1 saturated heterocycles. The molecule has 0 amide bonds. The van der Waals surface area contributed by atoms with Crippen LogP contribution in [0, 0.1) is 11.3 Å². The van der Waals surface area contributed by atoms with Crippen molar-refractivity contribution in [1.29, 1.82) is 0 Å². The number of rotatable bonds is 1. The van der Waals surface area contributed by atoms with Crippen molar-refractivity contribution in [3.05, 3.63) is 0 Å². The van der Waals surface area contributed by atoms with E-state index in [1.165, 1.54) is 38.6 Å². The molecule has 0 spiro atoms. The van der Waals surface area contributed by atoms with Crippen LogP contribution >= 0.6 is 0 Å². The standard InChI is InChI=1S/C11H21N/c1-11(2)7-10(12-8-11)9-5-3-4-6-9/h9-10,12H,3-8H2,1-2H3/t10-/m0/s1. The number of nitrogens with one attached hydrogen (secondary N) is 1. The van der Waals surface area contributed by atoms with Gasteiger partial charge < -0.3 is 5.32 Å². The zero-order chi connectivity index (χ0) is 8.60. The zero-order valence-electron chi connectivity index (χ0n) is 8.40. The lowest BCUT2D eigenvalue weighted by Crippen LogP contribution is -2.28. The fraction of sp³-hybridized carbons (Fsp3) is 1.00. The molecule has 0 aromatic carbocycles. The quantitative estimate of drug-likeness (QED) is 0.633. The Labute approximate surface area is 75.9 Å². The van der Waals surface area contributed by atoms with Crippen molar-refractivity contribution in [3.63, 3.8) is 0 Å². The van der Waals surface area contributed by atoms with Crippen molar-refractivity contribution < 1.29 is 0 Å². The predicted molar refractivity (Wildman–Crippen MR) is 52.1 cm³/mol. The van der Waals surface area contributed by atoms with E-state index in [4.69, 9.17) is 0 Å². The molecule has 1 aliphatic heterocycles. The zero-order valence-corrected chi connectivity index (χ0v) is 8.40. The molecule has 70 valence electrons. The van der Waals surface area contributed by atoms with Crippen LogP contribution in [0.3, 0.4) is 0 Å². The van der Waals surface area contributed by atoms with Crippen LogP contribution < -0.4 is 5.32 Å². The summed E-state index contributed by atoms with van der Waals surface area (Å²) >= 11 is 0. The molecule has 0 radical (unpaired) electrons. The second-order valence-corrected chi connectivity index (χ2v) is 5.40. The van der Waals surface area contributed by atoms with Gasteiger partial charge in [-0.1, -0.05) is 26.7 Å². The minimum atomic E-state index is 0.563. The lowest BCUT2D eigenvalue weighted by Gasteiger charge is -2.20. The first kappa shape index (κ1) is 8.55. The van der Waals surface area contributed by atoms with Gasteiger partial charge in [-0.2, -0.15) is 0 Å². The molecule has 0 aromatic rings. The van der Waals surface area contributed by atoms with E-state index >= 15 is 0 Å². The molecule has 0 unspecified atom stereocenters. The van der Waals surface area contributed by atoms with E-state index in [-0.39, 0.29) is 0 Å². The summed E-state index contributed by atoms with van der Waals surface area (Å²) in [6.07, 6.45) is 7.31. The van der Waals surface area contributed by atoms with Crippen LogP contribution in [-0.4, -0.2) is 12.6 Å². The molecule has 2 fully saturated rings. The first-order chi connectivity index (χ1) is 5.67. The number of hydrogen-bond acceptors (Lipinski definition) is 1. The Morgan fingerprint density at radius 2 is 1.83 bits per heavy atom. The van der Waals surface area contributed by atoms with E-state index in [9.17, 15) is 0 Å². The lowest BCUT2D eigenvalue weighted by atomic mass is 9.86. The van der Waals surface area contributed by atoms with Gasteiger partial charge in [0.1, 0.15) is 0 Å². The van der Waals surface area contributed by atoms with E-state index < -0.39 is 0 Å². The Balaban J connectivity index is 1.90. The van der Waals surface area contributed by atoms with Gasteiger partial charge in [0.25, 0.3) is 0 Å². The van der Waals surface area contributed by atoms with Gasteiger partial charge in [0.15, 0.2) is 0 Å². The highest BCUT2D eigenvalue weighted by atomic mass is 15.0. The van der Waals surface area contributed by atoms with Crippen molar-refractivity contribution in [2.45, 2.75) is 52.0 Å². The summed E-state index contributed by atoms with van der Waals surface area (Å²) < 4.78 is 0. The maximum absolute atomic E-state index is 3.69. The fourth-order valence-corrected chi connectivity index (χ4v) is 2.84. The summed E-state index contributed by atoms with van der Waals surface area (Å²) in [5.74, 6) is 1.01. The number of hydrogen-bond donors (Lipinski definition) is 1. The Kier molecular flexibility index (Phi) is 2.16. The average molecular weight is 167 g/mol. The van der Waals surface area contributed by atoms with Gasteiger partial charge in [-0.05, 0) is 30.6 Å². The normalized spacial score (nSPS) is 36.0. The third kappa shape index (κ3) is 1.66. The summed E-state index contributed by atoms with van der Waals surface area (Å²) in [6, 6.07) is 0.850. The molecule has 1 heteroatoms. The highest BCUT2D eigenvalue weighted by molar-refractivity contribution is 4.92. The van der Waals surface area contributed by atoms with Gasteiger partial charge >= 0.3 is 0 Å². The Morgan fingerprint density at radius 3 is 2.33 bits per heavy atom. The minimum absolute atomic E-state index is 0.563. The predicted octanol–water partition coefficient (Wildman–Crippen LogP) is 2.56. The molecule has 1 saturated carbocycles. The summed E-state index contributed by atoms with van der Waals surface area (Å²) in [4.78, 5) is 0. The summed E-state index contributed by atoms with van der Waals surface area (Å²) in [6.45, 7) is 6.00. The molecule has 12 heavy (non-hydrogen) atoms. The van der Waals surface area contributed by atoms with Crippen LogP contribution in [0.5, 0.6) is 0 Å². The van der Waals surface area contributed by atoms with Crippen LogP contribution in [0.4, 0.5) is 0 Å². The smallest absolute Gasteiger partial charge is 0.0101 e. The van der Waals surface area contributed by atoms with Gasteiger partial charge in [-0.3, -0.25) is 0 Å². The molecule has 1 heterocycles. The minimum Gasteiger partial charge on any atom is -0.313 e. The van der Waals surface area contributed by atoms with Crippen molar-refractivity contribution in [2.24, 2.45) is 11.3 Å². The van der Waals surface area contributed by atoms with E-state index in [0.29, 0.717) is 5.41 Å².